The molecule has 0 bridgehead atoms. The molecule has 1 aliphatic rings. The number of carbonyl (C=O) groups excluding carboxylic acids is 2. The van der Waals surface area contributed by atoms with Crippen molar-refractivity contribution in [1.82, 2.24) is 10.2 Å². The molecule has 4 rings (SSSR count). The van der Waals surface area contributed by atoms with E-state index in [-0.39, 0.29) is 36.6 Å². The van der Waals surface area contributed by atoms with Crippen LogP contribution >= 0.6 is 11.8 Å². The third-order valence-electron chi connectivity index (χ3n) is 4.63. The molecule has 0 saturated carbocycles. The van der Waals surface area contributed by atoms with Gasteiger partial charge < -0.3 is 9.32 Å². The lowest BCUT2D eigenvalue weighted by atomic mass is 10.1. The van der Waals surface area contributed by atoms with Gasteiger partial charge in [-0.05, 0) is 54.8 Å². The summed E-state index contributed by atoms with van der Waals surface area (Å²) in [6.07, 6.45) is 2.04. The highest BCUT2D eigenvalue weighted by Crippen LogP contribution is 2.27. The fraction of sp³-hybridized carbons (Fsp3) is 0.200. The Hall–Kier alpha value is -3.20. The quantitative estimate of drug-likeness (QED) is 0.645. The Kier molecular flexibility index (Phi) is 5.30. The van der Waals surface area contributed by atoms with Crippen LogP contribution in [0.3, 0.4) is 0 Å². The van der Waals surface area contributed by atoms with Crippen molar-refractivity contribution in [3.05, 3.63) is 54.3 Å². The van der Waals surface area contributed by atoms with Crippen molar-refractivity contribution in [3.63, 3.8) is 0 Å². The molecule has 1 aliphatic heterocycles. The molecule has 0 aliphatic carbocycles. The standard InChI is InChI=1S/C20H17FN4O3S/c1-29-16-8-2-12(3-9-16)19-23-24-20(28-19)22-18(27)13-10-17(26)25(11-13)15-6-4-14(21)5-7-15/h2-9,13H,10-11H2,1H3,(H,22,24,27). The highest BCUT2D eigenvalue weighted by atomic mass is 32.2. The van der Waals surface area contributed by atoms with Crippen molar-refractivity contribution in [2.24, 2.45) is 5.92 Å². The van der Waals surface area contributed by atoms with Crippen LogP contribution in [0.5, 0.6) is 0 Å². The average Bonchev–Trinajstić information content (AvgIpc) is 3.35. The van der Waals surface area contributed by atoms with E-state index in [1.54, 1.807) is 11.8 Å². The summed E-state index contributed by atoms with van der Waals surface area (Å²) in [7, 11) is 0. The third-order valence-corrected chi connectivity index (χ3v) is 5.37. The molecule has 0 spiro atoms. The average molecular weight is 412 g/mol. The van der Waals surface area contributed by atoms with Gasteiger partial charge in [-0.1, -0.05) is 5.10 Å². The minimum Gasteiger partial charge on any atom is -0.403 e. The van der Waals surface area contributed by atoms with E-state index in [0.29, 0.717) is 11.6 Å². The SMILES string of the molecule is CSc1ccc(-c2nnc(NC(=O)C3CC(=O)N(c4ccc(F)cc4)C3)o2)cc1. The Morgan fingerprint density at radius 2 is 1.90 bits per heavy atom. The molecule has 2 aromatic carbocycles. The Bertz CT molecular complexity index is 1040. The van der Waals surface area contributed by atoms with Crippen molar-refractivity contribution in [2.75, 3.05) is 23.0 Å². The van der Waals surface area contributed by atoms with Gasteiger partial charge in [0, 0.05) is 29.1 Å². The summed E-state index contributed by atoms with van der Waals surface area (Å²) in [5, 5.41) is 10.4. The van der Waals surface area contributed by atoms with Crippen LogP contribution in [0.2, 0.25) is 0 Å². The van der Waals surface area contributed by atoms with Gasteiger partial charge in [0.2, 0.25) is 17.7 Å². The zero-order valence-electron chi connectivity index (χ0n) is 15.5. The normalized spacial score (nSPS) is 16.3. The molecule has 1 fully saturated rings. The lowest BCUT2D eigenvalue weighted by molar-refractivity contribution is -0.122. The maximum atomic E-state index is 13.1. The smallest absolute Gasteiger partial charge is 0.322 e. The monoisotopic (exact) mass is 412 g/mol. The van der Waals surface area contributed by atoms with E-state index in [0.717, 1.165) is 10.5 Å². The van der Waals surface area contributed by atoms with Gasteiger partial charge in [0.25, 0.3) is 0 Å². The molecule has 1 saturated heterocycles. The summed E-state index contributed by atoms with van der Waals surface area (Å²) in [4.78, 5) is 27.4. The first-order valence-electron chi connectivity index (χ1n) is 8.88. The largest absolute Gasteiger partial charge is 0.403 e. The number of thioether (sulfide) groups is 1. The molecule has 2 amide bonds. The van der Waals surface area contributed by atoms with Crippen LogP contribution in [0.15, 0.2) is 57.8 Å². The number of rotatable bonds is 5. The minimum atomic E-state index is -0.566. The van der Waals surface area contributed by atoms with E-state index in [9.17, 15) is 14.0 Å². The van der Waals surface area contributed by atoms with Crippen LogP contribution in [0.1, 0.15) is 6.42 Å². The molecular formula is C20H17FN4O3S. The van der Waals surface area contributed by atoms with Gasteiger partial charge in [0.05, 0.1) is 5.92 Å². The molecule has 9 heteroatoms. The summed E-state index contributed by atoms with van der Waals surface area (Å²) < 4.78 is 18.6. The number of benzene rings is 2. The number of aromatic nitrogens is 2. The first-order chi connectivity index (χ1) is 14.0. The Morgan fingerprint density at radius 1 is 1.17 bits per heavy atom. The van der Waals surface area contributed by atoms with Gasteiger partial charge in [0.1, 0.15) is 5.82 Å². The number of hydrogen-bond donors (Lipinski definition) is 1. The van der Waals surface area contributed by atoms with Crippen molar-refractivity contribution in [1.29, 1.82) is 0 Å². The first kappa shape index (κ1) is 19.1. The zero-order chi connectivity index (χ0) is 20.4. The second kappa shape index (κ2) is 8.04. The molecule has 7 nitrogen and oxygen atoms in total. The van der Waals surface area contributed by atoms with Crippen LogP contribution in [-0.2, 0) is 9.59 Å². The molecule has 2 heterocycles. The Labute approximate surface area is 170 Å². The number of nitrogens with zero attached hydrogens (tertiary/aromatic N) is 3. The number of hydrogen-bond acceptors (Lipinski definition) is 6. The second-order valence-electron chi connectivity index (χ2n) is 6.51. The van der Waals surface area contributed by atoms with E-state index in [2.05, 4.69) is 15.5 Å². The maximum absolute atomic E-state index is 13.1. The Balaban J connectivity index is 1.41. The molecule has 29 heavy (non-hydrogen) atoms. The number of anilines is 2. The topological polar surface area (TPSA) is 88.3 Å². The summed E-state index contributed by atoms with van der Waals surface area (Å²) >= 11 is 1.63. The van der Waals surface area contributed by atoms with Crippen LogP contribution in [0.4, 0.5) is 16.1 Å². The van der Waals surface area contributed by atoms with Crippen LogP contribution in [0.25, 0.3) is 11.5 Å². The van der Waals surface area contributed by atoms with Gasteiger partial charge in [-0.25, -0.2) is 4.39 Å². The molecule has 3 aromatic rings. The van der Waals surface area contributed by atoms with E-state index in [1.807, 2.05) is 30.5 Å². The fourth-order valence-electron chi connectivity index (χ4n) is 3.09. The van der Waals surface area contributed by atoms with Crippen LogP contribution in [-0.4, -0.2) is 34.8 Å². The van der Waals surface area contributed by atoms with Crippen molar-refractivity contribution in [2.45, 2.75) is 11.3 Å². The fourth-order valence-corrected chi connectivity index (χ4v) is 3.49. The number of nitrogens with one attached hydrogen (secondary N) is 1. The number of amides is 2. The van der Waals surface area contributed by atoms with E-state index >= 15 is 0 Å². The van der Waals surface area contributed by atoms with Gasteiger partial charge in [0.15, 0.2) is 0 Å². The van der Waals surface area contributed by atoms with Crippen molar-refractivity contribution in [3.8, 4) is 11.5 Å². The van der Waals surface area contributed by atoms with E-state index in [1.165, 1.54) is 29.2 Å². The van der Waals surface area contributed by atoms with Crippen molar-refractivity contribution < 1.29 is 18.4 Å². The van der Waals surface area contributed by atoms with Gasteiger partial charge in [-0.3, -0.25) is 14.9 Å². The molecular weight excluding hydrogens is 395 g/mol. The number of halogens is 1. The minimum absolute atomic E-state index is 0.0216. The first-order valence-corrected chi connectivity index (χ1v) is 10.1. The summed E-state index contributed by atoms with van der Waals surface area (Å²) in [6, 6.07) is 13.2. The van der Waals surface area contributed by atoms with Crippen molar-refractivity contribution >= 4 is 35.3 Å². The second-order valence-corrected chi connectivity index (χ2v) is 7.39. The van der Waals surface area contributed by atoms with Gasteiger partial charge in [-0.15, -0.1) is 16.9 Å². The van der Waals surface area contributed by atoms with Crippen LogP contribution < -0.4 is 10.2 Å². The summed E-state index contributed by atoms with van der Waals surface area (Å²) in [5.74, 6) is -1.23. The summed E-state index contributed by atoms with van der Waals surface area (Å²) in [6.45, 7) is 0.202. The van der Waals surface area contributed by atoms with Gasteiger partial charge >= 0.3 is 6.01 Å². The molecule has 1 N–H and O–H groups in total. The van der Waals surface area contributed by atoms with E-state index < -0.39 is 5.92 Å². The maximum Gasteiger partial charge on any atom is 0.322 e. The predicted octanol–water partition coefficient (Wildman–Crippen LogP) is 3.59. The highest BCUT2D eigenvalue weighted by molar-refractivity contribution is 7.98. The highest BCUT2D eigenvalue weighted by Gasteiger charge is 2.35. The lowest BCUT2D eigenvalue weighted by Crippen LogP contribution is -2.28. The lowest BCUT2D eigenvalue weighted by Gasteiger charge is -2.16. The summed E-state index contributed by atoms with van der Waals surface area (Å²) in [5.41, 5.74) is 1.30. The molecule has 1 unspecified atom stereocenters. The Morgan fingerprint density at radius 3 is 2.59 bits per heavy atom. The molecule has 148 valence electrons. The number of carbonyl (C=O) groups is 2. The van der Waals surface area contributed by atoms with Crippen LogP contribution in [0, 0.1) is 11.7 Å². The zero-order valence-corrected chi connectivity index (χ0v) is 16.3. The predicted molar refractivity (Wildman–Crippen MR) is 107 cm³/mol. The molecule has 1 aromatic heterocycles. The molecule has 0 radical (unpaired) electrons. The third kappa shape index (κ3) is 4.14. The van der Waals surface area contributed by atoms with E-state index in [4.69, 9.17) is 4.42 Å². The molecule has 1 atom stereocenters. The van der Waals surface area contributed by atoms with Gasteiger partial charge in [-0.2, -0.15) is 0 Å².